The second-order valence-corrected chi connectivity index (χ2v) is 7.27. The van der Waals surface area contributed by atoms with Crippen LogP contribution in [0.5, 0.6) is 0 Å². The second-order valence-electron chi connectivity index (χ2n) is 7.27. The maximum absolute atomic E-state index is 13.2. The van der Waals surface area contributed by atoms with E-state index >= 15 is 0 Å². The minimum absolute atomic E-state index is 0.227. The average Bonchev–Trinajstić information content (AvgIpc) is 2.85. The minimum Gasteiger partial charge on any atom is -0.378 e. The predicted octanol–water partition coefficient (Wildman–Crippen LogP) is 3.78. The van der Waals surface area contributed by atoms with Crippen molar-refractivity contribution < 1.29 is 9.53 Å². The molecule has 1 N–H and O–H groups in total. The summed E-state index contributed by atoms with van der Waals surface area (Å²) in [5.41, 5.74) is 3.88. The van der Waals surface area contributed by atoms with Crippen LogP contribution in [0.15, 0.2) is 73.2 Å². The molecule has 1 saturated heterocycles. The molecule has 0 aliphatic carbocycles. The third-order valence-corrected chi connectivity index (χ3v) is 5.28. The van der Waals surface area contributed by atoms with Gasteiger partial charge >= 0.3 is 0 Å². The molecule has 1 amide bonds. The molecular formula is C24H21N5O2. The standard InChI is InChI=1S/C24H21N5O2/c30-24(28-23-8-7-18(16-26-23)29-10-12-31-13-11-29)20-14-22(17-4-3-9-25-15-17)27-21-6-2-1-5-19(20)21/h1-9,14-16H,10-13H2,(H,26,28,30). The molecule has 1 aliphatic heterocycles. The fraction of sp³-hybridized carbons (Fsp3) is 0.167. The van der Waals surface area contributed by atoms with Crippen LogP contribution in [0.1, 0.15) is 10.4 Å². The lowest BCUT2D eigenvalue weighted by Gasteiger charge is -2.28. The number of nitrogens with zero attached hydrogens (tertiary/aromatic N) is 4. The summed E-state index contributed by atoms with van der Waals surface area (Å²) in [6, 6.07) is 17.0. The lowest BCUT2D eigenvalue weighted by Crippen LogP contribution is -2.36. The molecule has 4 heterocycles. The lowest BCUT2D eigenvalue weighted by molar-refractivity contribution is 0.102. The summed E-state index contributed by atoms with van der Waals surface area (Å²) in [4.78, 5) is 28.7. The van der Waals surface area contributed by atoms with Crippen LogP contribution in [0.3, 0.4) is 0 Å². The number of morpholine rings is 1. The molecule has 154 valence electrons. The third kappa shape index (κ3) is 4.08. The number of hydrogen-bond acceptors (Lipinski definition) is 6. The number of rotatable bonds is 4. The Bertz CT molecular complexity index is 1210. The number of carbonyl (C=O) groups excluding carboxylic acids is 1. The van der Waals surface area contributed by atoms with Crippen LogP contribution in [-0.2, 0) is 4.74 Å². The zero-order chi connectivity index (χ0) is 21.0. The van der Waals surface area contributed by atoms with Crippen molar-refractivity contribution in [3.05, 3.63) is 78.8 Å². The number of carbonyl (C=O) groups is 1. The Labute approximate surface area is 179 Å². The van der Waals surface area contributed by atoms with E-state index in [2.05, 4.69) is 20.2 Å². The first-order valence-corrected chi connectivity index (χ1v) is 10.2. The molecule has 7 heteroatoms. The number of hydrogen-bond donors (Lipinski definition) is 1. The van der Waals surface area contributed by atoms with Crippen LogP contribution in [-0.4, -0.2) is 47.2 Å². The van der Waals surface area contributed by atoms with Crippen molar-refractivity contribution in [1.82, 2.24) is 15.0 Å². The fourth-order valence-corrected chi connectivity index (χ4v) is 3.68. The number of nitrogens with one attached hydrogen (secondary N) is 1. The molecule has 0 atom stereocenters. The third-order valence-electron chi connectivity index (χ3n) is 5.28. The van der Waals surface area contributed by atoms with E-state index in [4.69, 9.17) is 9.72 Å². The van der Waals surface area contributed by atoms with E-state index in [1.807, 2.05) is 48.5 Å². The minimum atomic E-state index is -0.227. The first kappa shape index (κ1) is 19.1. The van der Waals surface area contributed by atoms with E-state index in [1.165, 1.54) is 0 Å². The number of fused-ring (bicyclic) bond motifs is 1. The molecule has 4 aromatic rings. The summed E-state index contributed by atoms with van der Waals surface area (Å²) in [5, 5.41) is 3.71. The monoisotopic (exact) mass is 411 g/mol. The Hall–Kier alpha value is -3.84. The van der Waals surface area contributed by atoms with Crippen molar-refractivity contribution in [2.24, 2.45) is 0 Å². The fourth-order valence-electron chi connectivity index (χ4n) is 3.68. The summed E-state index contributed by atoms with van der Waals surface area (Å²) < 4.78 is 5.40. The summed E-state index contributed by atoms with van der Waals surface area (Å²) >= 11 is 0. The quantitative estimate of drug-likeness (QED) is 0.551. The van der Waals surface area contributed by atoms with Gasteiger partial charge in [-0.15, -0.1) is 0 Å². The van der Waals surface area contributed by atoms with Crippen LogP contribution < -0.4 is 10.2 Å². The molecule has 0 spiro atoms. The highest BCUT2D eigenvalue weighted by Gasteiger charge is 2.16. The number of anilines is 2. The van der Waals surface area contributed by atoms with E-state index in [9.17, 15) is 4.79 Å². The molecule has 31 heavy (non-hydrogen) atoms. The summed E-state index contributed by atoms with van der Waals surface area (Å²) in [6.07, 6.45) is 5.24. The Morgan fingerprint density at radius 2 is 1.87 bits per heavy atom. The average molecular weight is 411 g/mol. The Morgan fingerprint density at radius 3 is 2.65 bits per heavy atom. The van der Waals surface area contributed by atoms with Gasteiger partial charge in [0.2, 0.25) is 0 Å². The summed E-state index contributed by atoms with van der Waals surface area (Å²) in [6.45, 7) is 3.11. The number of amides is 1. The SMILES string of the molecule is O=C(Nc1ccc(N2CCOCC2)cn1)c1cc(-c2cccnc2)nc2ccccc12. The lowest BCUT2D eigenvalue weighted by atomic mass is 10.0. The van der Waals surface area contributed by atoms with Gasteiger partial charge in [0.15, 0.2) is 0 Å². The van der Waals surface area contributed by atoms with Crippen molar-refractivity contribution in [3.63, 3.8) is 0 Å². The van der Waals surface area contributed by atoms with Gasteiger partial charge in [0.1, 0.15) is 5.82 Å². The van der Waals surface area contributed by atoms with Crippen molar-refractivity contribution >= 4 is 28.3 Å². The van der Waals surface area contributed by atoms with Gasteiger partial charge in [0, 0.05) is 36.4 Å². The highest BCUT2D eigenvalue weighted by Crippen LogP contribution is 2.25. The van der Waals surface area contributed by atoms with Gasteiger partial charge in [0.05, 0.1) is 41.9 Å². The van der Waals surface area contributed by atoms with E-state index < -0.39 is 0 Å². The molecule has 0 unspecified atom stereocenters. The first-order valence-electron chi connectivity index (χ1n) is 10.2. The normalized spacial score (nSPS) is 13.9. The molecular weight excluding hydrogens is 390 g/mol. The van der Waals surface area contributed by atoms with Gasteiger partial charge in [-0.25, -0.2) is 9.97 Å². The van der Waals surface area contributed by atoms with Crippen LogP contribution in [0.4, 0.5) is 11.5 Å². The highest BCUT2D eigenvalue weighted by molar-refractivity contribution is 6.12. The Morgan fingerprint density at radius 1 is 1.00 bits per heavy atom. The molecule has 7 nitrogen and oxygen atoms in total. The van der Waals surface area contributed by atoms with Crippen molar-refractivity contribution in [2.75, 3.05) is 36.5 Å². The van der Waals surface area contributed by atoms with Crippen molar-refractivity contribution in [1.29, 1.82) is 0 Å². The molecule has 3 aromatic heterocycles. The Kier molecular flexibility index (Phi) is 5.24. The largest absolute Gasteiger partial charge is 0.378 e. The van der Waals surface area contributed by atoms with Gasteiger partial charge in [-0.3, -0.25) is 9.78 Å². The van der Waals surface area contributed by atoms with Crippen molar-refractivity contribution in [2.45, 2.75) is 0 Å². The van der Waals surface area contributed by atoms with E-state index in [-0.39, 0.29) is 5.91 Å². The molecule has 5 rings (SSSR count). The molecule has 0 saturated carbocycles. The maximum Gasteiger partial charge on any atom is 0.257 e. The van der Waals surface area contributed by atoms with Gasteiger partial charge in [0.25, 0.3) is 5.91 Å². The zero-order valence-electron chi connectivity index (χ0n) is 16.9. The maximum atomic E-state index is 13.2. The number of para-hydroxylation sites is 1. The van der Waals surface area contributed by atoms with Crippen LogP contribution in [0, 0.1) is 0 Å². The number of pyridine rings is 3. The van der Waals surface area contributed by atoms with Crippen LogP contribution >= 0.6 is 0 Å². The van der Waals surface area contributed by atoms with Crippen molar-refractivity contribution in [3.8, 4) is 11.3 Å². The number of benzene rings is 1. The smallest absolute Gasteiger partial charge is 0.257 e. The summed E-state index contributed by atoms with van der Waals surface area (Å²) in [7, 11) is 0. The van der Waals surface area contributed by atoms with Gasteiger partial charge in [-0.1, -0.05) is 18.2 Å². The first-order chi connectivity index (χ1) is 15.3. The molecule has 0 bridgehead atoms. The topological polar surface area (TPSA) is 80.2 Å². The highest BCUT2D eigenvalue weighted by atomic mass is 16.5. The Balaban J connectivity index is 1.44. The summed E-state index contributed by atoms with van der Waals surface area (Å²) in [5.74, 6) is 0.279. The van der Waals surface area contributed by atoms with Gasteiger partial charge < -0.3 is 15.0 Å². The van der Waals surface area contributed by atoms with Gasteiger partial charge in [-0.2, -0.15) is 0 Å². The van der Waals surface area contributed by atoms with E-state index in [0.717, 1.165) is 35.2 Å². The second kappa shape index (κ2) is 8.49. The van der Waals surface area contributed by atoms with E-state index in [1.54, 1.807) is 24.7 Å². The van der Waals surface area contributed by atoms with E-state index in [0.29, 0.717) is 30.3 Å². The predicted molar refractivity (Wildman–Crippen MR) is 120 cm³/mol. The van der Waals surface area contributed by atoms with Gasteiger partial charge in [-0.05, 0) is 36.4 Å². The molecule has 1 fully saturated rings. The number of aromatic nitrogens is 3. The molecule has 1 aliphatic rings. The van der Waals surface area contributed by atoms with Crippen LogP contribution in [0.25, 0.3) is 22.2 Å². The molecule has 1 aromatic carbocycles. The zero-order valence-corrected chi connectivity index (χ0v) is 16.9. The molecule has 0 radical (unpaired) electrons. The number of ether oxygens (including phenoxy) is 1. The van der Waals surface area contributed by atoms with Crippen LogP contribution in [0.2, 0.25) is 0 Å².